The highest BCUT2D eigenvalue weighted by atomic mass is 35.5. The Morgan fingerprint density at radius 3 is 2.77 bits per heavy atom. The highest BCUT2D eigenvalue weighted by Crippen LogP contribution is 2.23. The molecule has 0 unspecified atom stereocenters. The number of carbonyl (C=O) groups is 1. The molecule has 0 saturated carbocycles. The molecule has 0 spiro atoms. The highest BCUT2D eigenvalue weighted by molar-refractivity contribution is 6.31. The van der Waals surface area contributed by atoms with Crippen LogP contribution in [0.4, 0.5) is 5.82 Å². The molecule has 0 atom stereocenters. The first-order chi connectivity index (χ1) is 12.6. The van der Waals surface area contributed by atoms with Crippen molar-refractivity contribution in [1.82, 2.24) is 20.1 Å². The fourth-order valence-corrected chi connectivity index (χ4v) is 3.50. The Bertz CT molecular complexity index is 946. The topological polar surface area (TPSA) is 63.1 Å². The molecule has 2 aromatic heterocycles. The van der Waals surface area contributed by atoms with Crippen LogP contribution in [0.15, 0.2) is 42.7 Å². The molecule has 1 fully saturated rings. The third-order valence-corrected chi connectivity index (χ3v) is 4.99. The number of aromatic nitrogens is 3. The molecule has 6 nitrogen and oxygen atoms in total. The number of nitrogens with zero attached hydrogens (tertiary/aromatic N) is 4. The lowest BCUT2D eigenvalue weighted by Gasteiger charge is -2.33. The lowest BCUT2D eigenvalue weighted by Crippen LogP contribution is -2.44. The van der Waals surface area contributed by atoms with Gasteiger partial charge in [0.25, 0.3) is 5.91 Å². The van der Waals surface area contributed by atoms with E-state index in [1.54, 1.807) is 24.1 Å². The van der Waals surface area contributed by atoms with Gasteiger partial charge >= 0.3 is 0 Å². The monoisotopic (exact) mass is 369 g/mol. The maximum Gasteiger partial charge on any atom is 0.254 e. The summed E-state index contributed by atoms with van der Waals surface area (Å²) in [4.78, 5) is 19.3. The van der Waals surface area contributed by atoms with Crippen molar-refractivity contribution >= 4 is 34.2 Å². The smallest absolute Gasteiger partial charge is 0.254 e. The van der Waals surface area contributed by atoms with Crippen LogP contribution in [0, 0.1) is 0 Å². The van der Waals surface area contributed by atoms with E-state index >= 15 is 0 Å². The molecule has 1 N–H and O–H groups in total. The Labute approximate surface area is 156 Å². The van der Waals surface area contributed by atoms with E-state index in [0.717, 1.165) is 47.7 Å². The first kappa shape index (κ1) is 16.8. The number of benzene rings is 1. The van der Waals surface area contributed by atoms with Gasteiger partial charge in [-0.2, -0.15) is 5.10 Å². The second-order valence-electron chi connectivity index (χ2n) is 6.64. The van der Waals surface area contributed by atoms with Crippen molar-refractivity contribution < 1.29 is 4.79 Å². The Kier molecular flexibility index (Phi) is 4.51. The number of anilines is 1. The number of halogens is 1. The SMILES string of the molecule is Cn1cc(C(=O)NC2CCN(c3ccc4cc(Cl)ccc4n3)CC2)cn1. The van der Waals surface area contributed by atoms with E-state index in [1.165, 1.54) is 0 Å². The first-order valence-electron chi connectivity index (χ1n) is 8.69. The van der Waals surface area contributed by atoms with Crippen LogP contribution < -0.4 is 10.2 Å². The average molecular weight is 370 g/mol. The van der Waals surface area contributed by atoms with Gasteiger partial charge in [0.05, 0.1) is 17.3 Å². The van der Waals surface area contributed by atoms with E-state index in [4.69, 9.17) is 16.6 Å². The molecule has 0 bridgehead atoms. The van der Waals surface area contributed by atoms with Crippen LogP contribution in [0.3, 0.4) is 0 Å². The Balaban J connectivity index is 1.39. The minimum Gasteiger partial charge on any atom is -0.356 e. The first-order valence-corrected chi connectivity index (χ1v) is 9.07. The van der Waals surface area contributed by atoms with Crippen LogP contribution in [0.25, 0.3) is 10.9 Å². The Morgan fingerprint density at radius 2 is 2.04 bits per heavy atom. The molecule has 1 amide bonds. The average Bonchev–Trinajstić information content (AvgIpc) is 3.08. The maximum absolute atomic E-state index is 12.3. The quantitative estimate of drug-likeness (QED) is 0.770. The van der Waals surface area contributed by atoms with E-state index < -0.39 is 0 Å². The van der Waals surface area contributed by atoms with Crippen molar-refractivity contribution in [3.63, 3.8) is 0 Å². The molecular formula is C19H20ClN5O. The second-order valence-corrected chi connectivity index (χ2v) is 7.08. The second kappa shape index (κ2) is 6.96. The number of aryl methyl sites for hydroxylation is 1. The van der Waals surface area contributed by atoms with Gasteiger partial charge in [-0.3, -0.25) is 9.48 Å². The van der Waals surface area contributed by atoms with E-state index in [9.17, 15) is 4.79 Å². The molecule has 4 rings (SSSR count). The standard InChI is InChI=1S/C19H20ClN5O/c1-24-12-14(11-21-24)19(26)22-16-6-8-25(9-7-16)18-5-2-13-10-15(20)3-4-17(13)23-18/h2-5,10-12,16H,6-9H2,1H3,(H,22,26). The minimum atomic E-state index is -0.0581. The van der Waals surface area contributed by atoms with E-state index in [2.05, 4.69) is 21.4 Å². The molecule has 0 aliphatic carbocycles. The van der Waals surface area contributed by atoms with E-state index in [-0.39, 0.29) is 11.9 Å². The summed E-state index contributed by atoms with van der Waals surface area (Å²) in [6.45, 7) is 1.73. The number of rotatable bonds is 3. The van der Waals surface area contributed by atoms with Crippen molar-refractivity contribution in [3.05, 3.63) is 53.3 Å². The molecule has 134 valence electrons. The van der Waals surface area contributed by atoms with Crippen LogP contribution in [-0.2, 0) is 7.05 Å². The summed E-state index contributed by atoms with van der Waals surface area (Å²) < 4.78 is 1.64. The van der Waals surface area contributed by atoms with Gasteiger partial charge in [0, 0.05) is 42.8 Å². The molecule has 1 aliphatic heterocycles. The van der Waals surface area contributed by atoms with Gasteiger partial charge in [0.1, 0.15) is 5.82 Å². The van der Waals surface area contributed by atoms with Crippen molar-refractivity contribution in [2.45, 2.75) is 18.9 Å². The zero-order valence-electron chi connectivity index (χ0n) is 14.5. The fourth-order valence-electron chi connectivity index (χ4n) is 3.32. The van der Waals surface area contributed by atoms with Gasteiger partial charge in [-0.1, -0.05) is 11.6 Å². The van der Waals surface area contributed by atoms with Gasteiger partial charge in [0.2, 0.25) is 0 Å². The predicted octanol–water partition coefficient (Wildman–Crippen LogP) is 3.02. The zero-order valence-corrected chi connectivity index (χ0v) is 15.3. The lowest BCUT2D eigenvalue weighted by molar-refractivity contribution is 0.0931. The van der Waals surface area contributed by atoms with Crippen LogP contribution in [0.5, 0.6) is 0 Å². The van der Waals surface area contributed by atoms with Crippen molar-refractivity contribution in [3.8, 4) is 0 Å². The molecule has 0 radical (unpaired) electrons. The number of hydrogen-bond acceptors (Lipinski definition) is 4. The number of nitrogens with one attached hydrogen (secondary N) is 1. The summed E-state index contributed by atoms with van der Waals surface area (Å²) in [5, 5.41) is 8.91. The van der Waals surface area contributed by atoms with Crippen molar-refractivity contribution in [2.24, 2.45) is 7.05 Å². The minimum absolute atomic E-state index is 0.0581. The summed E-state index contributed by atoms with van der Waals surface area (Å²) in [5.41, 5.74) is 1.55. The van der Waals surface area contributed by atoms with Crippen molar-refractivity contribution in [2.75, 3.05) is 18.0 Å². The Morgan fingerprint density at radius 1 is 1.23 bits per heavy atom. The maximum atomic E-state index is 12.3. The summed E-state index contributed by atoms with van der Waals surface area (Å²) in [6.07, 6.45) is 5.12. The number of carbonyl (C=O) groups excluding carboxylic acids is 1. The van der Waals surface area contributed by atoms with Crippen LogP contribution >= 0.6 is 11.6 Å². The number of fused-ring (bicyclic) bond motifs is 1. The van der Waals surface area contributed by atoms with E-state index in [1.807, 2.05) is 24.3 Å². The van der Waals surface area contributed by atoms with Gasteiger partial charge < -0.3 is 10.2 Å². The van der Waals surface area contributed by atoms with E-state index in [0.29, 0.717) is 5.56 Å². The fraction of sp³-hybridized carbons (Fsp3) is 0.316. The molecule has 1 saturated heterocycles. The normalized spacial score (nSPS) is 15.4. The molecular weight excluding hydrogens is 350 g/mol. The van der Waals surface area contributed by atoms with Gasteiger partial charge in [0.15, 0.2) is 0 Å². The molecule has 26 heavy (non-hydrogen) atoms. The molecule has 1 aromatic carbocycles. The molecule has 3 heterocycles. The highest BCUT2D eigenvalue weighted by Gasteiger charge is 2.22. The summed E-state index contributed by atoms with van der Waals surface area (Å²) in [5.74, 6) is 0.911. The van der Waals surface area contributed by atoms with Crippen molar-refractivity contribution in [1.29, 1.82) is 0 Å². The number of amides is 1. The summed E-state index contributed by atoms with van der Waals surface area (Å²) in [6, 6.07) is 10.0. The van der Waals surface area contributed by atoms with Gasteiger partial charge in [-0.15, -0.1) is 0 Å². The summed E-state index contributed by atoms with van der Waals surface area (Å²) in [7, 11) is 1.81. The zero-order chi connectivity index (χ0) is 18.1. The molecule has 1 aliphatic rings. The number of pyridine rings is 1. The van der Waals surface area contributed by atoms with Gasteiger partial charge in [-0.05, 0) is 43.2 Å². The largest absolute Gasteiger partial charge is 0.356 e. The molecule has 3 aromatic rings. The van der Waals surface area contributed by atoms with Crippen LogP contribution in [-0.4, -0.2) is 39.8 Å². The summed E-state index contributed by atoms with van der Waals surface area (Å²) >= 11 is 6.03. The van der Waals surface area contributed by atoms with Gasteiger partial charge in [-0.25, -0.2) is 4.98 Å². The third kappa shape index (κ3) is 3.51. The number of piperidine rings is 1. The molecule has 7 heteroatoms. The lowest BCUT2D eigenvalue weighted by atomic mass is 10.0. The third-order valence-electron chi connectivity index (χ3n) is 4.76. The van der Waals surface area contributed by atoms with Crippen LogP contribution in [0.2, 0.25) is 5.02 Å². The number of hydrogen-bond donors (Lipinski definition) is 1. The van der Waals surface area contributed by atoms with Crippen LogP contribution in [0.1, 0.15) is 23.2 Å². The predicted molar refractivity (Wildman–Crippen MR) is 103 cm³/mol. The Hall–Kier alpha value is -2.60.